The second-order valence-electron chi connectivity index (χ2n) is 8.64. The van der Waals surface area contributed by atoms with Crippen molar-refractivity contribution >= 4 is 30.1 Å². The highest BCUT2D eigenvalue weighted by molar-refractivity contribution is 7.80. The molecule has 7 heteroatoms. The highest BCUT2D eigenvalue weighted by atomic mass is 32.1. The average molecular weight is 437 g/mol. The highest BCUT2D eigenvalue weighted by Gasteiger charge is 2.39. The van der Waals surface area contributed by atoms with Crippen LogP contribution in [0.5, 0.6) is 0 Å². The topological polar surface area (TPSA) is 55.9 Å². The SMILES string of the molecule is O=C1CCC(N2Cc3ccc(CN4CCN(c5ccccc5)CC4)cc3C2S)C(=O)N1. The van der Waals surface area contributed by atoms with Gasteiger partial charge in [0.2, 0.25) is 11.8 Å². The van der Waals surface area contributed by atoms with Crippen molar-refractivity contribution in [2.75, 3.05) is 31.1 Å². The van der Waals surface area contributed by atoms with Crippen molar-refractivity contribution < 1.29 is 9.59 Å². The van der Waals surface area contributed by atoms with Gasteiger partial charge >= 0.3 is 0 Å². The van der Waals surface area contributed by atoms with Crippen molar-refractivity contribution in [1.29, 1.82) is 0 Å². The van der Waals surface area contributed by atoms with Crippen LogP contribution in [0.3, 0.4) is 0 Å². The Balaban J connectivity index is 1.22. The molecule has 3 heterocycles. The third kappa shape index (κ3) is 4.22. The van der Waals surface area contributed by atoms with Gasteiger partial charge in [0.1, 0.15) is 0 Å². The van der Waals surface area contributed by atoms with Crippen LogP contribution in [0.2, 0.25) is 0 Å². The number of para-hydroxylation sites is 1. The zero-order valence-electron chi connectivity index (χ0n) is 17.5. The van der Waals surface area contributed by atoms with E-state index in [1.54, 1.807) is 0 Å². The zero-order chi connectivity index (χ0) is 21.4. The van der Waals surface area contributed by atoms with Crippen LogP contribution in [-0.4, -0.2) is 53.8 Å². The summed E-state index contributed by atoms with van der Waals surface area (Å²) >= 11 is 4.85. The molecule has 3 aliphatic rings. The molecule has 1 N–H and O–H groups in total. The van der Waals surface area contributed by atoms with Crippen molar-refractivity contribution in [2.24, 2.45) is 0 Å². The minimum atomic E-state index is -0.290. The molecule has 0 aromatic heterocycles. The Bertz CT molecular complexity index is 975. The molecule has 2 aromatic carbocycles. The summed E-state index contributed by atoms with van der Waals surface area (Å²) in [5.74, 6) is -0.372. The maximum absolute atomic E-state index is 12.3. The van der Waals surface area contributed by atoms with E-state index in [1.807, 2.05) is 0 Å². The summed E-state index contributed by atoms with van der Waals surface area (Å²) < 4.78 is 0. The predicted molar refractivity (Wildman–Crippen MR) is 124 cm³/mol. The molecule has 0 radical (unpaired) electrons. The molecule has 2 unspecified atom stereocenters. The molecule has 2 atom stereocenters. The van der Waals surface area contributed by atoms with Gasteiger partial charge in [0.05, 0.1) is 11.4 Å². The number of carbonyl (C=O) groups excluding carboxylic acids is 2. The Morgan fingerprint density at radius 2 is 1.77 bits per heavy atom. The maximum atomic E-state index is 12.3. The van der Waals surface area contributed by atoms with Gasteiger partial charge in [-0.05, 0) is 35.2 Å². The van der Waals surface area contributed by atoms with Crippen molar-refractivity contribution in [2.45, 2.75) is 37.3 Å². The Labute approximate surface area is 188 Å². The molecule has 6 nitrogen and oxygen atoms in total. The number of rotatable bonds is 4. The van der Waals surface area contributed by atoms with Crippen molar-refractivity contribution in [1.82, 2.24) is 15.1 Å². The van der Waals surface area contributed by atoms with Gasteiger partial charge in [-0.15, -0.1) is 0 Å². The summed E-state index contributed by atoms with van der Waals surface area (Å²) in [7, 11) is 0. The van der Waals surface area contributed by atoms with Crippen LogP contribution in [0.25, 0.3) is 0 Å². The van der Waals surface area contributed by atoms with Crippen molar-refractivity contribution in [3.63, 3.8) is 0 Å². The second kappa shape index (κ2) is 8.65. The van der Waals surface area contributed by atoms with Gasteiger partial charge in [0, 0.05) is 51.4 Å². The fourth-order valence-electron chi connectivity index (χ4n) is 4.93. The summed E-state index contributed by atoms with van der Waals surface area (Å²) in [4.78, 5) is 30.9. The molecule has 2 saturated heterocycles. The molecule has 0 bridgehead atoms. The van der Waals surface area contributed by atoms with Crippen LogP contribution in [-0.2, 0) is 22.7 Å². The van der Waals surface area contributed by atoms with Gasteiger partial charge in [0.25, 0.3) is 0 Å². The first-order valence-electron chi connectivity index (χ1n) is 11.0. The van der Waals surface area contributed by atoms with E-state index in [4.69, 9.17) is 12.6 Å². The van der Waals surface area contributed by atoms with Gasteiger partial charge < -0.3 is 4.90 Å². The number of nitrogens with one attached hydrogen (secondary N) is 1. The lowest BCUT2D eigenvalue weighted by atomic mass is 10.0. The van der Waals surface area contributed by atoms with Crippen LogP contribution in [0.1, 0.15) is 34.9 Å². The minimum Gasteiger partial charge on any atom is -0.369 e. The highest BCUT2D eigenvalue weighted by Crippen LogP contribution is 2.39. The number of benzene rings is 2. The number of amides is 2. The lowest BCUT2D eigenvalue weighted by Crippen LogP contribution is -2.51. The normalized spacial score (nSPS) is 24.9. The van der Waals surface area contributed by atoms with Gasteiger partial charge in [-0.3, -0.25) is 24.7 Å². The summed E-state index contributed by atoms with van der Waals surface area (Å²) in [5, 5.41) is 2.35. The Hall–Kier alpha value is -2.35. The second-order valence-corrected chi connectivity index (χ2v) is 9.13. The van der Waals surface area contributed by atoms with E-state index >= 15 is 0 Å². The summed E-state index contributed by atoms with van der Waals surface area (Å²) in [6.07, 6.45) is 0.957. The lowest BCUT2D eigenvalue weighted by molar-refractivity contribution is -0.137. The van der Waals surface area contributed by atoms with E-state index in [2.05, 4.69) is 68.5 Å². The molecule has 2 amide bonds. The number of carbonyl (C=O) groups is 2. The van der Waals surface area contributed by atoms with Crippen molar-refractivity contribution in [3.05, 3.63) is 65.2 Å². The number of anilines is 1. The van der Waals surface area contributed by atoms with E-state index < -0.39 is 0 Å². The van der Waals surface area contributed by atoms with Crippen LogP contribution >= 0.6 is 12.6 Å². The monoisotopic (exact) mass is 436 g/mol. The number of imide groups is 1. The first kappa shape index (κ1) is 20.5. The number of hydrogen-bond acceptors (Lipinski definition) is 6. The third-order valence-electron chi connectivity index (χ3n) is 6.67. The quantitative estimate of drug-likeness (QED) is 0.570. The number of piperidine rings is 1. The summed E-state index contributed by atoms with van der Waals surface area (Å²) in [6.45, 7) is 5.78. The van der Waals surface area contributed by atoms with E-state index in [0.29, 0.717) is 19.4 Å². The Kier molecular flexibility index (Phi) is 5.73. The van der Waals surface area contributed by atoms with Gasteiger partial charge in [-0.2, -0.15) is 12.6 Å². The lowest BCUT2D eigenvalue weighted by Gasteiger charge is -2.36. The fourth-order valence-corrected chi connectivity index (χ4v) is 5.41. The molecule has 3 aliphatic heterocycles. The van der Waals surface area contributed by atoms with Gasteiger partial charge in [0.15, 0.2) is 0 Å². The zero-order valence-corrected chi connectivity index (χ0v) is 18.4. The summed E-state index contributed by atoms with van der Waals surface area (Å²) in [5.41, 5.74) is 5.00. The van der Waals surface area contributed by atoms with Crippen LogP contribution in [0.4, 0.5) is 5.69 Å². The maximum Gasteiger partial charge on any atom is 0.243 e. The largest absolute Gasteiger partial charge is 0.369 e. The standard InChI is InChI=1S/C24H28N4O2S/c29-22-9-8-21(23(30)25-22)28-16-18-7-6-17(14-20(18)24(28)31)15-26-10-12-27(13-11-26)19-4-2-1-3-5-19/h1-7,14,21,24,31H,8-13,15-16H2,(H,25,29,30). The molecule has 0 aliphatic carbocycles. The fraction of sp³-hybridized carbons (Fsp3) is 0.417. The number of piperazine rings is 1. The molecular formula is C24H28N4O2S. The smallest absolute Gasteiger partial charge is 0.243 e. The number of hydrogen-bond donors (Lipinski definition) is 2. The molecule has 31 heavy (non-hydrogen) atoms. The van der Waals surface area contributed by atoms with E-state index in [0.717, 1.165) is 32.7 Å². The van der Waals surface area contributed by atoms with E-state index in [1.165, 1.54) is 22.4 Å². The molecule has 2 aromatic rings. The predicted octanol–water partition coefficient (Wildman–Crippen LogP) is 2.56. The Morgan fingerprint density at radius 1 is 1.00 bits per heavy atom. The van der Waals surface area contributed by atoms with Crippen molar-refractivity contribution in [3.8, 4) is 0 Å². The molecule has 0 saturated carbocycles. The number of fused-ring (bicyclic) bond motifs is 1. The first-order valence-corrected chi connectivity index (χ1v) is 11.5. The molecular weight excluding hydrogens is 408 g/mol. The number of nitrogens with zero attached hydrogens (tertiary/aromatic N) is 3. The molecule has 2 fully saturated rings. The third-order valence-corrected chi connectivity index (χ3v) is 7.24. The minimum absolute atomic E-state index is 0.117. The van der Waals surface area contributed by atoms with Crippen LogP contribution in [0, 0.1) is 0 Å². The van der Waals surface area contributed by atoms with Gasteiger partial charge in [-0.1, -0.05) is 36.4 Å². The van der Waals surface area contributed by atoms with E-state index in [9.17, 15) is 9.59 Å². The Morgan fingerprint density at radius 3 is 2.52 bits per heavy atom. The molecule has 5 rings (SSSR count). The molecule has 0 spiro atoms. The van der Waals surface area contributed by atoms with Crippen LogP contribution < -0.4 is 10.2 Å². The molecule has 162 valence electrons. The van der Waals surface area contributed by atoms with E-state index in [-0.39, 0.29) is 23.2 Å². The first-order chi connectivity index (χ1) is 15.1. The summed E-state index contributed by atoms with van der Waals surface area (Å²) in [6, 6.07) is 17.0. The number of thiol groups is 1. The van der Waals surface area contributed by atoms with Gasteiger partial charge in [-0.25, -0.2) is 0 Å². The van der Waals surface area contributed by atoms with Crippen LogP contribution in [0.15, 0.2) is 48.5 Å². The average Bonchev–Trinajstić information content (AvgIpc) is 3.11.